The van der Waals surface area contributed by atoms with Gasteiger partial charge in [0.25, 0.3) is 5.56 Å². The predicted molar refractivity (Wildman–Crippen MR) is 130 cm³/mol. The molecule has 2 N–H and O–H groups in total. The van der Waals surface area contributed by atoms with Crippen LogP contribution in [0.25, 0.3) is 0 Å². The van der Waals surface area contributed by atoms with Gasteiger partial charge < -0.3 is 20.1 Å². The fourth-order valence-electron chi connectivity index (χ4n) is 4.00. The van der Waals surface area contributed by atoms with Crippen molar-refractivity contribution in [2.75, 3.05) is 17.9 Å². The number of nitriles is 1. The molecule has 0 aliphatic carbocycles. The highest BCUT2D eigenvalue weighted by atomic mass is 35.5. The molecule has 1 unspecified atom stereocenters. The van der Waals surface area contributed by atoms with Gasteiger partial charge in [0.2, 0.25) is 11.8 Å². The molecule has 0 saturated carbocycles. The standard InChI is InChI=1S/C23H17Cl2N5O3S/c1-32-14-5-3-13(4-6-14)29-10-30-22(31)19-18(15-7-2-12(24)8-17(15)25)16(9-26)20(27)33-21(19)28-23(30)34-11-29/h2-8,18H,10-11,27H2,1H3. The summed E-state index contributed by atoms with van der Waals surface area (Å²) in [5, 5.41) is 11.1. The van der Waals surface area contributed by atoms with Gasteiger partial charge in [0.1, 0.15) is 24.1 Å². The highest BCUT2D eigenvalue weighted by molar-refractivity contribution is 7.99. The maximum atomic E-state index is 13.8. The minimum Gasteiger partial charge on any atom is -0.497 e. The van der Waals surface area contributed by atoms with Crippen LogP contribution < -0.4 is 25.7 Å². The van der Waals surface area contributed by atoms with Gasteiger partial charge in [0, 0.05) is 15.7 Å². The lowest BCUT2D eigenvalue weighted by atomic mass is 9.85. The molecule has 0 bridgehead atoms. The lowest BCUT2D eigenvalue weighted by Crippen LogP contribution is -2.40. The molecule has 2 aliphatic heterocycles. The van der Waals surface area contributed by atoms with E-state index in [0.717, 1.165) is 11.4 Å². The molecule has 5 rings (SSSR count). The van der Waals surface area contributed by atoms with E-state index in [4.69, 9.17) is 38.4 Å². The third-order valence-corrected chi connectivity index (χ3v) is 7.25. The van der Waals surface area contributed by atoms with Gasteiger partial charge in [0.05, 0.1) is 24.5 Å². The van der Waals surface area contributed by atoms with E-state index in [0.29, 0.717) is 26.6 Å². The molecular weight excluding hydrogens is 497 g/mol. The summed E-state index contributed by atoms with van der Waals surface area (Å²) in [5.74, 6) is 0.462. The molecule has 0 saturated heterocycles. The lowest BCUT2D eigenvalue weighted by molar-refractivity contribution is 0.361. The van der Waals surface area contributed by atoms with E-state index < -0.39 is 5.92 Å². The fourth-order valence-corrected chi connectivity index (χ4v) is 5.46. The Labute approximate surface area is 209 Å². The summed E-state index contributed by atoms with van der Waals surface area (Å²) >= 11 is 13.9. The van der Waals surface area contributed by atoms with Gasteiger partial charge in [-0.3, -0.25) is 9.36 Å². The molecule has 3 heterocycles. The Morgan fingerprint density at radius 1 is 1.26 bits per heavy atom. The Morgan fingerprint density at radius 2 is 2.03 bits per heavy atom. The molecule has 172 valence electrons. The number of rotatable bonds is 3. The first-order chi connectivity index (χ1) is 16.4. The van der Waals surface area contributed by atoms with E-state index in [9.17, 15) is 10.1 Å². The van der Waals surface area contributed by atoms with Crippen molar-refractivity contribution in [3.8, 4) is 17.7 Å². The maximum absolute atomic E-state index is 13.8. The smallest absolute Gasteiger partial charge is 0.263 e. The van der Waals surface area contributed by atoms with Gasteiger partial charge >= 0.3 is 0 Å². The molecule has 3 aromatic rings. The molecule has 11 heteroatoms. The van der Waals surface area contributed by atoms with E-state index in [1.54, 1.807) is 29.9 Å². The van der Waals surface area contributed by atoms with E-state index >= 15 is 0 Å². The number of nitrogens with two attached hydrogens (primary N) is 1. The second-order valence-electron chi connectivity index (χ2n) is 7.59. The number of ether oxygens (including phenoxy) is 2. The Morgan fingerprint density at radius 3 is 2.71 bits per heavy atom. The average molecular weight is 514 g/mol. The molecule has 0 fully saturated rings. The average Bonchev–Trinajstić information content (AvgIpc) is 2.83. The van der Waals surface area contributed by atoms with Crippen molar-refractivity contribution < 1.29 is 9.47 Å². The first-order valence-corrected chi connectivity index (χ1v) is 11.8. The van der Waals surface area contributed by atoms with E-state index in [1.807, 2.05) is 29.2 Å². The SMILES string of the molecule is COc1ccc(N2CSc3nc4c(c(=O)n3C2)C(c2ccc(Cl)cc2Cl)C(C#N)=C(N)O4)cc1. The largest absolute Gasteiger partial charge is 0.497 e. The molecule has 0 radical (unpaired) electrons. The second kappa shape index (κ2) is 8.80. The summed E-state index contributed by atoms with van der Waals surface area (Å²) in [5.41, 5.74) is 7.46. The van der Waals surface area contributed by atoms with Gasteiger partial charge in [-0.2, -0.15) is 10.2 Å². The zero-order valence-electron chi connectivity index (χ0n) is 17.8. The number of hydrogen-bond acceptors (Lipinski definition) is 8. The minimum atomic E-state index is -0.835. The van der Waals surface area contributed by atoms with Crippen LogP contribution in [-0.2, 0) is 6.67 Å². The normalized spacial score (nSPS) is 16.9. The van der Waals surface area contributed by atoms with Crippen LogP contribution in [0.3, 0.4) is 0 Å². The number of nitrogens with zero attached hydrogens (tertiary/aromatic N) is 4. The van der Waals surface area contributed by atoms with Crippen molar-refractivity contribution in [1.82, 2.24) is 9.55 Å². The minimum absolute atomic E-state index is 0.0779. The van der Waals surface area contributed by atoms with Gasteiger partial charge in [-0.05, 0) is 42.0 Å². The topological polar surface area (TPSA) is 106 Å². The quantitative estimate of drug-likeness (QED) is 0.516. The number of fused-ring (bicyclic) bond motifs is 2. The monoisotopic (exact) mass is 513 g/mol. The van der Waals surface area contributed by atoms with Crippen LogP contribution in [0.4, 0.5) is 5.69 Å². The number of hydrogen-bond donors (Lipinski definition) is 1. The number of thioether (sulfide) groups is 1. The predicted octanol–water partition coefficient (Wildman–Crippen LogP) is 4.30. The first kappa shape index (κ1) is 22.5. The van der Waals surface area contributed by atoms with E-state index in [-0.39, 0.29) is 35.1 Å². The van der Waals surface area contributed by atoms with Crippen molar-refractivity contribution in [3.63, 3.8) is 0 Å². The Kier molecular flexibility index (Phi) is 5.81. The molecule has 34 heavy (non-hydrogen) atoms. The van der Waals surface area contributed by atoms with Crippen LogP contribution in [0.2, 0.25) is 10.0 Å². The summed E-state index contributed by atoms with van der Waals surface area (Å²) < 4.78 is 12.4. The zero-order chi connectivity index (χ0) is 24.0. The molecule has 1 aromatic heterocycles. The molecule has 0 spiro atoms. The van der Waals surface area contributed by atoms with Crippen LogP contribution in [0.15, 0.2) is 63.9 Å². The fraction of sp³-hybridized carbons (Fsp3) is 0.174. The van der Waals surface area contributed by atoms with Crippen LogP contribution in [0.1, 0.15) is 17.0 Å². The molecular formula is C23H17Cl2N5O3S. The number of allylic oxidation sites excluding steroid dienone is 1. The molecule has 0 amide bonds. The molecule has 8 nitrogen and oxygen atoms in total. The summed E-state index contributed by atoms with van der Waals surface area (Å²) in [6.07, 6.45) is 0. The highest BCUT2D eigenvalue weighted by Crippen LogP contribution is 2.43. The van der Waals surface area contributed by atoms with Crippen molar-refractivity contribution in [2.24, 2.45) is 5.73 Å². The van der Waals surface area contributed by atoms with Crippen molar-refractivity contribution in [3.05, 3.63) is 85.4 Å². The van der Waals surface area contributed by atoms with Crippen LogP contribution in [0.5, 0.6) is 11.6 Å². The number of anilines is 1. The Hall–Kier alpha value is -3.32. The third-order valence-electron chi connectivity index (χ3n) is 5.68. The van der Waals surface area contributed by atoms with Crippen LogP contribution in [-0.4, -0.2) is 22.5 Å². The van der Waals surface area contributed by atoms with Gasteiger partial charge in [-0.1, -0.05) is 41.0 Å². The van der Waals surface area contributed by atoms with Crippen LogP contribution in [0, 0.1) is 11.3 Å². The maximum Gasteiger partial charge on any atom is 0.263 e. The number of benzene rings is 2. The number of halogens is 2. The van der Waals surface area contributed by atoms with Gasteiger partial charge in [-0.25, -0.2) is 0 Å². The van der Waals surface area contributed by atoms with E-state index in [2.05, 4.69) is 11.1 Å². The van der Waals surface area contributed by atoms with Crippen molar-refractivity contribution in [2.45, 2.75) is 17.7 Å². The second-order valence-corrected chi connectivity index (χ2v) is 9.35. The van der Waals surface area contributed by atoms with Crippen molar-refractivity contribution >= 4 is 40.7 Å². The number of aromatic nitrogens is 2. The van der Waals surface area contributed by atoms with Crippen LogP contribution >= 0.6 is 35.0 Å². The zero-order valence-corrected chi connectivity index (χ0v) is 20.1. The lowest BCUT2D eigenvalue weighted by Gasteiger charge is -2.33. The summed E-state index contributed by atoms with van der Waals surface area (Å²) in [6.45, 7) is 0.274. The number of methoxy groups -OCH3 is 1. The van der Waals surface area contributed by atoms with Gasteiger partial charge in [0.15, 0.2) is 5.16 Å². The molecule has 1 atom stereocenters. The third kappa shape index (κ3) is 3.74. The Balaban J connectivity index is 1.63. The Bertz CT molecular complexity index is 1430. The summed E-state index contributed by atoms with van der Waals surface area (Å²) in [6, 6.07) is 14.5. The first-order valence-electron chi connectivity index (χ1n) is 10.1. The highest BCUT2D eigenvalue weighted by Gasteiger charge is 2.37. The molecule has 2 aliphatic rings. The summed E-state index contributed by atoms with van der Waals surface area (Å²) in [7, 11) is 1.61. The van der Waals surface area contributed by atoms with Crippen molar-refractivity contribution in [1.29, 1.82) is 5.26 Å². The van der Waals surface area contributed by atoms with E-state index in [1.165, 1.54) is 11.8 Å². The van der Waals surface area contributed by atoms with Gasteiger partial charge in [-0.15, -0.1) is 0 Å². The summed E-state index contributed by atoms with van der Waals surface area (Å²) in [4.78, 5) is 20.4. The molecule has 2 aromatic carbocycles.